The van der Waals surface area contributed by atoms with Crippen molar-refractivity contribution in [1.29, 1.82) is 0 Å². The second kappa shape index (κ2) is 5.38. The molecular weight excluding hydrogens is 194 g/mol. The molecular formula is C11H23NOS. The number of nitrogens with one attached hydrogen (secondary N) is 1. The zero-order chi connectivity index (χ0) is 10.6. The molecule has 0 aromatic carbocycles. The molecule has 0 heterocycles. The van der Waals surface area contributed by atoms with Gasteiger partial charge in [-0.2, -0.15) is 11.8 Å². The number of aliphatic hydroxyl groups is 1. The van der Waals surface area contributed by atoms with E-state index in [1.54, 1.807) is 11.8 Å². The van der Waals surface area contributed by atoms with Gasteiger partial charge in [-0.1, -0.05) is 13.3 Å². The van der Waals surface area contributed by atoms with Crippen molar-refractivity contribution in [1.82, 2.24) is 5.32 Å². The van der Waals surface area contributed by atoms with Crippen molar-refractivity contribution in [3.05, 3.63) is 0 Å². The first-order chi connectivity index (χ1) is 6.55. The molecule has 0 aromatic heterocycles. The average molecular weight is 217 g/mol. The van der Waals surface area contributed by atoms with E-state index < -0.39 is 5.60 Å². The smallest absolute Gasteiger partial charge is 0.0833 e. The minimum atomic E-state index is -0.554. The molecule has 1 fully saturated rings. The maximum absolute atomic E-state index is 9.98. The van der Waals surface area contributed by atoms with Crippen molar-refractivity contribution >= 4 is 11.8 Å². The molecule has 0 aliphatic heterocycles. The lowest BCUT2D eigenvalue weighted by molar-refractivity contribution is 0.0800. The minimum Gasteiger partial charge on any atom is -0.388 e. The fourth-order valence-electron chi connectivity index (χ4n) is 2.16. The molecule has 14 heavy (non-hydrogen) atoms. The molecule has 84 valence electrons. The van der Waals surface area contributed by atoms with Crippen molar-refractivity contribution in [2.24, 2.45) is 5.92 Å². The van der Waals surface area contributed by atoms with Crippen LogP contribution in [-0.4, -0.2) is 35.3 Å². The number of thioether (sulfide) groups is 1. The van der Waals surface area contributed by atoms with Gasteiger partial charge in [0.1, 0.15) is 0 Å². The van der Waals surface area contributed by atoms with E-state index in [1.807, 2.05) is 13.2 Å². The quantitative estimate of drug-likeness (QED) is 0.737. The molecule has 2 nitrogen and oxygen atoms in total. The van der Waals surface area contributed by atoms with Crippen LogP contribution in [0.5, 0.6) is 0 Å². The van der Waals surface area contributed by atoms with Crippen molar-refractivity contribution in [2.45, 2.75) is 44.8 Å². The van der Waals surface area contributed by atoms with E-state index in [1.165, 1.54) is 19.3 Å². The minimum absolute atomic E-state index is 0.554. The lowest BCUT2D eigenvalue weighted by atomic mass is 10.0. The lowest BCUT2D eigenvalue weighted by Gasteiger charge is -2.26. The Morgan fingerprint density at radius 1 is 1.50 bits per heavy atom. The maximum atomic E-state index is 9.98. The zero-order valence-electron chi connectivity index (χ0n) is 9.55. The van der Waals surface area contributed by atoms with Gasteiger partial charge in [0.2, 0.25) is 0 Å². The summed E-state index contributed by atoms with van der Waals surface area (Å²) < 4.78 is 0. The summed E-state index contributed by atoms with van der Waals surface area (Å²) >= 11 is 1.70. The van der Waals surface area contributed by atoms with Crippen LogP contribution < -0.4 is 5.32 Å². The van der Waals surface area contributed by atoms with Crippen LogP contribution in [0.2, 0.25) is 0 Å². The van der Waals surface area contributed by atoms with E-state index in [9.17, 15) is 5.11 Å². The van der Waals surface area contributed by atoms with Gasteiger partial charge in [0.05, 0.1) is 5.60 Å². The summed E-state index contributed by atoms with van der Waals surface area (Å²) in [5, 5.41) is 13.5. The Balaban J connectivity index is 2.25. The molecule has 3 heteroatoms. The molecule has 3 atom stereocenters. The normalized spacial score (nSPS) is 31.7. The third-order valence-electron chi connectivity index (χ3n) is 3.06. The first-order valence-electron chi connectivity index (χ1n) is 5.50. The second-order valence-electron chi connectivity index (χ2n) is 4.83. The highest BCUT2D eigenvalue weighted by Crippen LogP contribution is 2.25. The van der Waals surface area contributed by atoms with Crippen molar-refractivity contribution in [3.8, 4) is 0 Å². The van der Waals surface area contributed by atoms with Crippen LogP contribution in [0, 0.1) is 5.92 Å². The fourth-order valence-corrected chi connectivity index (χ4v) is 2.89. The Morgan fingerprint density at radius 2 is 2.21 bits per heavy atom. The third-order valence-corrected chi connectivity index (χ3v) is 3.97. The molecule has 0 radical (unpaired) electrons. The van der Waals surface area contributed by atoms with E-state index in [0.717, 1.165) is 18.2 Å². The van der Waals surface area contributed by atoms with Gasteiger partial charge in [0.25, 0.3) is 0 Å². The van der Waals surface area contributed by atoms with Gasteiger partial charge in [-0.15, -0.1) is 0 Å². The maximum Gasteiger partial charge on any atom is 0.0833 e. The summed E-state index contributed by atoms with van der Waals surface area (Å²) in [7, 11) is 0. The highest BCUT2D eigenvalue weighted by Gasteiger charge is 2.26. The number of hydrogen-bond donors (Lipinski definition) is 2. The van der Waals surface area contributed by atoms with E-state index in [4.69, 9.17) is 0 Å². The summed E-state index contributed by atoms with van der Waals surface area (Å²) in [4.78, 5) is 0. The zero-order valence-corrected chi connectivity index (χ0v) is 10.4. The Hall–Kier alpha value is 0.270. The summed E-state index contributed by atoms with van der Waals surface area (Å²) in [6.07, 6.45) is 5.98. The number of rotatable bonds is 5. The molecule has 0 amide bonds. The van der Waals surface area contributed by atoms with Crippen LogP contribution in [-0.2, 0) is 0 Å². The fraction of sp³-hybridized carbons (Fsp3) is 1.00. The van der Waals surface area contributed by atoms with E-state index in [0.29, 0.717) is 6.04 Å². The van der Waals surface area contributed by atoms with Gasteiger partial charge in [0.15, 0.2) is 0 Å². The molecule has 0 saturated heterocycles. The molecule has 1 rings (SSSR count). The molecule has 0 spiro atoms. The highest BCUT2D eigenvalue weighted by molar-refractivity contribution is 7.98. The molecule has 0 bridgehead atoms. The van der Waals surface area contributed by atoms with Gasteiger partial charge >= 0.3 is 0 Å². The summed E-state index contributed by atoms with van der Waals surface area (Å²) in [5.41, 5.74) is -0.554. The second-order valence-corrected chi connectivity index (χ2v) is 5.69. The molecule has 2 N–H and O–H groups in total. The number of hydrogen-bond acceptors (Lipinski definition) is 3. The molecule has 3 unspecified atom stereocenters. The summed E-state index contributed by atoms with van der Waals surface area (Å²) in [6, 6.07) is 0.628. The van der Waals surface area contributed by atoms with Gasteiger partial charge < -0.3 is 10.4 Å². The van der Waals surface area contributed by atoms with Gasteiger partial charge in [-0.25, -0.2) is 0 Å². The van der Waals surface area contributed by atoms with Gasteiger partial charge in [-0.05, 0) is 31.9 Å². The Bertz CT molecular complexity index is 173. The van der Waals surface area contributed by atoms with Gasteiger partial charge in [-0.3, -0.25) is 0 Å². The highest BCUT2D eigenvalue weighted by atomic mass is 32.2. The Labute approximate surface area is 91.9 Å². The predicted octanol–water partition coefficient (Wildman–Crippen LogP) is 1.88. The van der Waals surface area contributed by atoms with E-state index in [-0.39, 0.29) is 0 Å². The van der Waals surface area contributed by atoms with Gasteiger partial charge in [0, 0.05) is 18.3 Å². The van der Waals surface area contributed by atoms with Crippen LogP contribution in [0.15, 0.2) is 0 Å². The van der Waals surface area contributed by atoms with Crippen molar-refractivity contribution in [3.63, 3.8) is 0 Å². The molecule has 0 aromatic rings. The van der Waals surface area contributed by atoms with Crippen LogP contribution in [0.3, 0.4) is 0 Å². The molecule has 1 aliphatic carbocycles. The van der Waals surface area contributed by atoms with Crippen molar-refractivity contribution in [2.75, 3.05) is 18.6 Å². The largest absolute Gasteiger partial charge is 0.388 e. The van der Waals surface area contributed by atoms with E-state index in [2.05, 4.69) is 12.2 Å². The SMILES string of the molecule is CSCC(C)(O)CNC1CCCC1C. The summed E-state index contributed by atoms with van der Waals surface area (Å²) in [6.45, 7) is 4.94. The standard InChI is InChI=1S/C11H23NOS/c1-9-5-4-6-10(9)12-7-11(2,13)8-14-3/h9-10,12-13H,4-8H2,1-3H3. The topological polar surface area (TPSA) is 32.3 Å². The van der Waals surface area contributed by atoms with Crippen LogP contribution >= 0.6 is 11.8 Å². The average Bonchev–Trinajstić information content (AvgIpc) is 2.48. The van der Waals surface area contributed by atoms with Crippen LogP contribution in [0.25, 0.3) is 0 Å². The van der Waals surface area contributed by atoms with Crippen LogP contribution in [0.1, 0.15) is 33.1 Å². The first-order valence-corrected chi connectivity index (χ1v) is 6.89. The Morgan fingerprint density at radius 3 is 2.71 bits per heavy atom. The van der Waals surface area contributed by atoms with E-state index >= 15 is 0 Å². The Kier molecular flexibility index (Phi) is 4.74. The van der Waals surface area contributed by atoms with Crippen molar-refractivity contribution < 1.29 is 5.11 Å². The molecule has 1 aliphatic rings. The monoisotopic (exact) mass is 217 g/mol. The predicted molar refractivity (Wildman–Crippen MR) is 63.8 cm³/mol. The first kappa shape index (κ1) is 12.3. The third kappa shape index (κ3) is 3.79. The lowest BCUT2D eigenvalue weighted by Crippen LogP contribution is -2.44. The van der Waals surface area contributed by atoms with Crippen LogP contribution in [0.4, 0.5) is 0 Å². The summed E-state index contributed by atoms with van der Waals surface area (Å²) in [5.74, 6) is 1.58. The molecule has 1 saturated carbocycles.